The Labute approximate surface area is 103 Å². The van der Waals surface area contributed by atoms with Crippen molar-refractivity contribution in [3.8, 4) is 5.75 Å². The van der Waals surface area contributed by atoms with Gasteiger partial charge in [-0.15, -0.1) is 0 Å². The van der Waals surface area contributed by atoms with Gasteiger partial charge in [-0.2, -0.15) is 9.42 Å². The third kappa shape index (κ3) is 4.12. The Kier molecular flexibility index (Phi) is 4.16. The van der Waals surface area contributed by atoms with E-state index in [1.165, 1.54) is 0 Å². The Morgan fingerprint density at radius 1 is 1.24 bits per heavy atom. The summed E-state index contributed by atoms with van der Waals surface area (Å²) in [6.07, 6.45) is 7.13. The Balaban J connectivity index is 1.92. The molecule has 0 saturated carbocycles. The zero-order valence-corrected chi connectivity index (χ0v) is 10.8. The van der Waals surface area contributed by atoms with Crippen LogP contribution in [0.1, 0.15) is 19.3 Å². The summed E-state index contributed by atoms with van der Waals surface area (Å²) in [5.41, 5.74) is 0. The Morgan fingerprint density at radius 3 is 2.65 bits per heavy atom. The highest BCUT2D eigenvalue weighted by Gasteiger charge is 2.38. The molecule has 0 fully saturated rings. The summed E-state index contributed by atoms with van der Waals surface area (Å²) in [6, 6.07) is 9.29. The van der Waals surface area contributed by atoms with Gasteiger partial charge < -0.3 is 0 Å². The van der Waals surface area contributed by atoms with Crippen LogP contribution in [0.4, 0.5) is 0 Å². The van der Waals surface area contributed by atoms with Crippen LogP contribution in [0.5, 0.6) is 5.75 Å². The van der Waals surface area contributed by atoms with Gasteiger partial charge in [0, 0.05) is 0 Å². The molecular weight excluding hydrogens is 235 g/mol. The third-order valence-electron chi connectivity index (χ3n) is 2.58. The molecule has 3 nitrogen and oxygen atoms in total. The average molecular weight is 253 g/mol. The number of para-hydroxylation sites is 1. The monoisotopic (exact) mass is 253 g/mol. The zero-order chi connectivity index (χ0) is 12.1. The Morgan fingerprint density at radius 2 is 2.00 bits per heavy atom. The van der Waals surface area contributed by atoms with Crippen molar-refractivity contribution in [2.75, 3.05) is 6.66 Å². The molecule has 4 heteroatoms. The van der Waals surface area contributed by atoms with Crippen molar-refractivity contribution < 1.29 is 13.9 Å². The first-order valence-electron chi connectivity index (χ1n) is 5.83. The van der Waals surface area contributed by atoms with Gasteiger partial charge in [0.1, 0.15) is 12.8 Å². The van der Waals surface area contributed by atoms with Crippen molar-refractivity contribution in [3.63, 3.8) is 0 Å². The van der Waals surface area contributed by atoms with Gasteiger partial charge in [-0.05, 0) is 31.4 Å². The van der Waals surface area contributed by atoms with E-state index in [1.807, 2.05) is 30.3 Å². The molecule has 0 aromatic heterocycles. The highest BCUT2D eigenvalue weighted by molar-refractivity contribution is 7.60. The van der Waals surface area contributed by atoms with Crippen molar-refractivity contribution in [2.45, 2.75) is 25.4 Å². The first kappa shape index (κ1) is 12.6. The standard InChI is InChI=1S/C13H18O3P/c1-17(14,15-12-8-4-2-5-9-12)16-13-10-6-3-7-11-13/h2-6,8-9,13-14H,7,10-11H2,1H3/q+1. The molecular formula is C13H18O3P+. The number of allylic oxidation sites excluding steroid dienone is 1. The summed E-state index contributed by atoms with van der Waals surface area (Å²) in [6.45, 7) is 1.64. The van der Waals surface area contributed by atoms with Gasteiger partial charge in [-0.25, -0.2) is 0 Å². The van der Waals surface area contributed by atoms with Gasteiger partial charge in [0.05, 0.1) is 0 Å². The molecule has 92 valence electrons. The van der Waals surface area contributed by atoms with Gasteiger partial charge in [0.25, 0.3) is 0 Å². The second kappa shape index (κ2) is 5.63. The van der Waals surface area contributed by atoms with Crippen LogP contribution >= 0.6 is 7.94 Å². The fraction of sp³-hybridized carbons (Fsp3) is 0.385. The summed E-state index contributed by atoms with van der Waals surface area (Å²) in [4.78, 5) is 10.2. The van der Waals surface area contributed by atoms with Crippen LogP contribution < -0.4 is 4.52 Å². The first-order valence-corrected chi connectivity index (χ1v) is 7.85. The lowest BCUT2D eigenvalue weighted by Gasteiger charge is -2.20. The minimum Gasteiger partial charge on any atom is -0.287 e. The molecule has 1 aromatic carbocycles. The molecule has 0 radical (unpaired) electrons. The summed E-state index contributed by atoms with van der Waals surface area (Å²) in [7, 11) is -2.77. The molecule has 1 N–H and O–H groups in total. The fourth-order valence-electron chi connectivity index (χ4n) is 1.84. The summed E-state index contributed by atoms with van der Waals surface area (Å²) < 4.78 is 11.2. The highest BCUT2D eigenvalue weighted by atomic mass is 31.2. The minimum absolute atomic E-state index is 0.0760. The summed E-state index contributed by atoms with van der Waals surface area (Å²) >= 11 is 0. The van der Waals surface area contributed by atoms with E-state index in [-0.39, 0.29) is 6.10 Å². The predicted octanol–water partition coefficient (Wildman–Crippen LogP) is 3.58. The Hall–Kier alpha value is -0.890. The van der Waals surface area contributed by atoms with Crippen LogP contribution in [0, 0.1) is 0 Å². The molecule has 0 saturated heterocycles. The predicted molar refractivity (Wildman–Crippen MR) is 70.0 cm³/mol. The topological polar surface area (TPSA) is 38.7 Å². The van der Waals surface area contributed by atoms with E-state index in [9.17, 15) is 4.89 Å². The lowest BCUT2D eigenvalue weighted by molar-refractivity contribution is 0.152. The van der Waals surface area contributed by atoms with Crippen LogP contribution in [0.3, 0.4) is 0 Å². The number of rotatable bonds is 4. The smallest absolute Gasteiger partial charge is 0.287 e. The fourth-order valence-corrected chi connectivity index (χ4v) is 3.14. The van der Waals surface area contributed by atoms with Gasteiger partial charge >= 0.3 is 7.94 Å². The summed E-state index contributed by atoms with van der Waals surface area (Å²) in [5.74, 6) is 0.650. The maximum absolute atomic E-state index is 10.2. The largest absolute Gasteiger partial charge is 0.451 e. The van der Waals surface area contributed by atoms with Crippen LogP contribution in [0.25, 0.3) is 0 Å². The minimum atomic E-state index is -2.77. The van der Waals surface area contributed by atoms with Crippen molar-refractivity contribution in [1.82, 2.24) is 0 Å². The number of hydrogen-bond donors (Lipinski definition) is 1. The molecule has 0 aliphatic heterocycles. The second-order valence-electron chi connectivity index (χ2n) is 4.22. The van der Waals surface area contributed by atoms with E-state index in [2.05, 4.69) is 12.2 Å². The quantitative estimate of drug-likeness (QED) is 0.658. The highest BCUT2D eigenvalue weighted by Crippen LogP contribution is 2.54. The molecule has 17 heavy (non-hydrogen) atoms. The van der Waals surface area contributed by atoms with Crippen molar-refractivity contribution >= 4 is 7.94 Å². The van der Waals surface area contributed by atoms with E-state index in [0.717, 1.165) is 19.3 Å². The first-order chi connectivity index (χ1) is 8.16. The van der Waals surface area contributed by atoms with E-state index in [4.69, 9.17) is 9.05 Å². The Bertz CT molecular complexity index is 376. The van der Waals surface area contributed by atoms with E-state index < -0.39 is 7.94 Å². The van der Waals surface area contributed by atoms with Crippen molar-refractivity contribution in [1.29, 1.82) is 0 Å². The molecule has 1 aliphatic rings. The molecule has 2 rings (SSSR count). The third-order valence-corrected chi connectivity index (χ3v) is 3.82. The molecule has 0 bridgehead atoms. The van der Waals surface area contributed by atoms with Crippen molar-refractivity contribution in [2.24, 2.45) is 0 Å². The van der Waals surface area contributed by atoms with E-state index in [1.54, 1.807) is 6.66 Å². The average Bonchev–Trinajstić information content (AvgIpc) is 2.30. The van der Waals surface area contributed by atoms with Crippen LogP contribution in [-0.4, -0.2) is 17.7 Å². The number of benzene rings is 1. The molecule has 2 unspecified atom stereocenters. The van der Waals surface area contributed by atoms with Crippen LogP contribution in [0.2, 0.25) is 0 Å². The lowest BCUT2D eigenvalue weighted by Crippen LogP contribution is -2.17. The maximum Gasteiger partial charge on any atom is 0.451 e. The SMILES string of the molecule is C[P+](O)(Oc1ccccc1)OC1CC=CCC1. The van der Waals surface area contributed by atoms with Gasteiger partial charge in [-0.3, -0.25) is 4.52 Å². The summed E-state index contributed by atoms with van der Waals surface area (Å²) in [5, 5.41) is 0. The molecule has 1 aromatic rings. The number of hydrogen-bond acceptors (Lipinski definition) is 3. The molecule has 0 heterocycles. The molecule has 0 spiro atoms. The molecule has 2 atom stereocenters. The normalized spacial score (nSPS) is 23.1. The van der Waals surface area contributed by atoms with Crippen LogP contribution in [0.15, 0.2) is 42.5 Å². The van der Waals surface area contributed by atoms with Crippen LogP contribution in [-0.2, 0) is 4.52 Å². The van der Waals surface area contributed by atoms with E-state index >= 15 is 0 Å². The van der Waals surface area contributed by atoms with Gasteiger partial charge in [0.15, 0.2) is 5.75 Å². The molecule has 0 amide bonds. The van der Waals surface area contributed by atoms with E-state index in [0.29, 0.717) is 5.75 Å². The molecule has 1 aliphatic carbocycles. The van der Waals surface area contributed by atoms with Gasteiger partial charge in [-0.1, -0.05) is 30.4 Å². The maximum atomic E-state index is 10.2. The second-order valence-corrected chi connectivity index (χ2v) is 6.22. The lowest BCUT2D eigenvalue weighted by atomic mass is 10.1. The van der Waals surface area contributed by atoms with Gasteiger partial charge in [0.2, 0.25) is 0 Å². The zero-order valence-electron chi connectivity index (χ0n) is 9.95. The van der Waals surface area contributed by atoms with Crippen molar-refractivity contribution in [3.05, 3.63) is 42.5 Å².